The molecule has 0 aliphatic carbocycles. The summed E-state index contributed by atoms with van der Waals surface area (Å²) in [4.78, 5) is 18.6. The van der Waals surface area contributed by atoms with Crippen LogP contribution in [-0.2, 0) is 10.9 Å². The normalized spacial score (nSPS) is 15.4. The summed E-state index contributed by atoms with van der Waals surface area (Å²) in [5.41, 5.74) is 0.409. The molecule has 0 saturated carbocycles. The van der Waals surface area contributed by atoms with Gasteiger partial charge in [0, 0.05) is 37.5 Å². The zero-order valence-electron chi connectivity index (χ0n) is 18.6. The van der Waals surface area contributed by atoms with Crippen LogP contribution < -0.4 is 10.1 Å². The van der Waals surface area contributed by atoms with Crippen molar-refractivity contribution in [2.45, 2.75) is 12.2 Å². The van der Waals surface area contributed by atoms with Crippen molar-refractivity contribution in [1.29, 1.82) is 0 Å². The number of benzene rings is 2. The van der Waals surface area contributed by atoms with Gasteiger partial charge < -0.3 is 14.8 Å². The second-order valence-electron chi connectivity index (χ2n) is 7.94. The van der Waals surface area contributed by atoms with Crippen LogP contribution in [0.15, 0.2) is 66.9 Å². The van der Waals surface area contributed by atoms with Crippen LogP contribution in [0.4, 0.5) is 17.6 Å². The molecule has 0 bridgehead atoms. The van der Waals surface area contributed by atoms with Crippen LogP contribution in [0.25, 0.3) is 0 Å². The van der Waals surface area contributed by atoms with Gasteiger partial charge in [-0.15, -0.1) is 0 Å². The van der Waals surface area contributed by atoms with Gasteiger partial charge in [0.05, 0.1) is 24.8 Å². The van der Waals surface area contributed by atoms with Crippen molar-refractivity contribution in [2.75, 3.05) is 32.8 Å². The predicted molar refractivity (Wildman–Crippen MR) is 120 cm³/mol. The highest BCUT2D eigenvalue weighted by atomic mass is 19.4. The maximum atomic E-state index is 13.4. The number of rotatable bonds is 7. The SMILES string of the molecule is O=C(NCC(c1ccc(F)cc1)N1CCOCC1)c1ccc(Oc2ccc(C(F)(F)F)cn2)cc1. The number of nitrogens with zero attached hydrogens (tertiary/aromatic N) is 2. The number of nitrogens with one attached hydrogen (secondary N) is 1. The monoisotopic (exact) mass is 489 g/mol. The Morgan fingerprint density at radius 3 is 2.31 bits per heavy atom. The molecule has 1 amide bonds. The lowest BCUT2D eigenvalue weighted by atomic mass is 10.0. The molecule has 1 unspecified atom stereocenters. The summed E-state index contributed by atoms with van der Waals surface area (Å²) < 4.78 is 62.3. The zero-order valence-corrected chi connectivity index (χ0v) is 18.6. The number of alkyl halides is 3. The summed E-state index contributed by atoms with van der Waals surface area (Å²) in [6.45, 7) is 2.88. The first kappa shape index (κ1) is 24.6. The summed E-state index contributed by atoms with van der Waals surface area (Å²) in [5.74, 6) is -0.300. The minimum Gasteiger partial charge on any atom is -0.439 e. The number of aromatic nitrogens is 1. The largest absolute Gasteiger partial charge is 0.439 e. The molecule has 1 saturated heterocycles. The van der Waals surface area contributed by atoms with E-state index in [-0.39, 0.29) is 23.6 Å². The highest BCUT2D eigenvalue weighted by Crippen LogP contribution is 2.30. The number of ether oxygens (including phenoxy) is 2. The van der Waals surface area contributed by atoms with Crippen LogP contribution in [0, 0.1) is 5.82 Å². The molecule has 1 aromatic heterocycles. The summed E-state index contributed by atoms with van der Waals surface area (Å²) in [5, 5.41) is 2.92. The van der Waals surface area contributed by atoms with Crippen molar-refractivity contribution in [3.05, 3.63) is 89.4 Å². The van der Waals surface area contributed by atoms with Crippen molar-refractivity contribution in [2.24, 2.45) is 0 Å². The molecule has 184 valence electrons. The first-order chi connectivity index (χ1) is 16.8. The van der Waals surface area contributed by atoms with E-state index in [1.165, 1.54) is 24.3 Å². The first-order valence-corrected chi connectivity index (χ1v) is 11.0. The lowest BCUT2D eigenvalue weighted by molar-refractivity contribution is -0.137. The molecule has 2 heterocycles. The van der Waals surface area contributed by atoms with Crippen molar-refractivity contribution >= 4 is 5.91 Å². The van der Waals surface area contributed by atoms with Crippen LogP contribution >= 0.6 is 0 Å². The second-order valence-corrected chi connectivity index (χ2v) is 7.94. The Morgan fingerprint density at radius 1 is 1.03 bits per heavy atom. The molecule has 1 fully saturated rings. The molecule has 1 atom stereocenters. The van der Waals surface area contributed by atoms with Crippen LogP contribution in [0.3, 0.4) is 0 Å². The fourth-order valence-electron chi connectivity index (χ4n) is 3.73. The molecule has 0 spiro atoms. The Morgan fingerprint density at radius 2 is 1.71 bits per heavy atom. The lowest BCUT2D eigenvalue weighted by Crippen LogP contribution is -2.43. The second kappa shape index (κ2) is 10.8. The molecule has 35 heavy (non-hydrogen) atoms. The Hall–Kier alpha value is -3.50. The zero-order chi connectivity index (χ0) is 24.8. The number of pyridine rings is 1. The summed E-state index contributed by atoms with van der Waals surface area (Å²) in [6, 6.07) is 14.3. The lowest BCUT2D eigenvalue weighted by Gasteiger charge is -2.35. The Labute approximate surface area is 199 Å². The Bertz CT molecular complexity index is 1110. The number of carbonyl (C=O) groups excluding carboxylic acids is 1. The fourth-order valence-corrected chi connectivity index (χ4v) is 3.73. The van der Waals surface area contributed by atoms with Gasteiger partial charge >= 0.3 is 6.18 Å². The Kier molecular flexibility index (Phi) is 7.62. The highest BCUT2D eigenvalue weighted by Gasteiger charge is 2.30. The van der Waals surface area contributed by atoms with Gasteiger partial charge in [-0.05, 0) is 48.0 Å². The van der Waals surface area contributed by atoms with Gasteiger partial charge in [0.15, 0.2) is 0 Å². The fraction of sp³-hybridized carbons (Fsp3) is 0.280. The Balaban J connectivity index is 1.38. The average molecular weight is 489 g/mol. The molecular formula is C25H23F4N3O3. The quantitative estimate of drug-likeness (QED) is 0.482. The molecule has 10 heteroatoms. The van der Waals surface area contributed by atoms with E-state index >= 15 is 0 Å². The van der Waals surface area contributed by atoms with Crippen molar-refractivity contribution in [3.8, 4) is 11.6 Å². The number of carbonyl (C=O) groups is 1. The summed E-state index contributed by atoms with van der Waals surface area (Å²) >= 11 is 0. The molecule has 3 aromatic rings. The molecular weight excluding hydrogens is 466 g/mol. The van der Waals surface area contributed by atoms with Gasteiger partial charge in [-0.1, -0.05) is 12.1 Å². The van der Waals surface area contributed by atoms with Crippen LogP contribution in [-0.4, -0.2) is 48.6 Å². The van der Waals surface area contributed by atoms with Crippen LogP contribution in [0.2, 0.25) is 0 Å². The average Bonchev–Trinajstić information content (AvgIpc) is 2.86. The van der Waals surface area contributed by atoms with Crippen molar-refractivity contribution < 1.29 is 31.8 Å². The van der Waals surface area contributed by atoms with E-state index < -0.39 is 11.7 Å². The van der Waals surface area contributed by atoms with Gasteiger partial charge in [0.2, 0.25) is 5.88 Å². The third-order valence-electron chi connectivity index (χ3n) is 5.60. The number of amides is 1. The smallest absolute Gasteiger partial charge is 0.417 e. The van der Waals surface area contributed by atoms with Gasteiger partial charge in [0.25, 0.3) is 5.91 Å². The number of morpholine rings is 1. The van der Waals surface area contributed by atoms with Crippen molar-refractivity contribution in [1.82, 2.24) is 15.2 Å². The third-order valence-corrected chi connectivity index (χ3v) is 5.60. The minimum absolute atomic E-state index is 0.00264. The number of hydrogen-bond acceptors (Lipinski definition) is 5. The molecule has 1 N–H and O–H groups in total. The van der Waals surface area contributed by atoms with Crippen LogP contribution in [0.5, 0.6) is 11.6 Å². The molecule has 2 aromatic carbocycles. The molecule has 1 aliphatic rings. The van der Waals surface area contributed by atoms with E-state index in [1.54, 1.807) is 24.3 Å². The molecule has 0 radical (unpaired) electrons. The van der Waals surface area contributed by atoms with E-state index in [1.807, 2.05) is 0 Å². The van der Waals surface area contributed by atoms with Gasteiger partial charge in [-0.3, -0.25) is 9.69 Å². The topological polar surface area (TPSA) is 63.7 Å². The van der Waals surface area contributed by atoms with Crippen LogP contribution in [0.1, 0.15) is 27.5 Å². The third kappa shape index (κ3) is 6.55. The van der Waals surface area contributed by atoms with E-state index in [2.05, 4.69) is 15.2 Å². The minimum atomic E-state index is -4.47. The highest BCUT2D eigenvalue weighted by molar-refractivity contribution is 5.94. The summed E-state index contributed by atoms with van der Waals surface area (Å²) in [6.07, 6.45) is -3.78. The van der Waals surface area contributed by atoms with E-state index in [9.17, 15) is 22.4 Å². The van der Waals surface area contributed by atoms with E-state index in [4.69, 9.17) is 9.47 Å². The van der Waals surface area contributed by atoms with Gasteiger partial charge in [-0.2, -0.15) is 13.2 Å². The maximum Gasteiger partial charge on any atom is 0.417 e. The van der Waals surface area contributed by atoms with Gasteiger partial charge in [0.1, 0.15) is 11.6 Å². The first-order valence-electron chi connectivity index (χ1n) is 11.0. The molecule has 1 aliphatic heterocycles. The van der Waals surface area contributed by atoms with E-state index in [0.29, 0.717) is 50.4 Å². The predicted octanol–water partition coefficient (Wildman–Crippen LogP) is 4.84. The molecule has 4 rings (SSSR count). The number of hydrogen-bond donors (Lipinski definition) is 1. The maximum absolute atomic E-state index is 13.4. The number of halogens is 4. The van der Waals surface area contributed by atoms with Crippen molar-refractivity contribution in [3.63, 3.8) is 0 Å². The molecule has 6 nitrogen and oxygen atoms in total. The van der Waals surface area contributed by atoms with Gasteiger partial charge in [-0.25, -0.2) is 9.37 Å². The summed E-state index contributed by atoms with van der Waals surface area (Å²) in [7, 11) is 0. The standard InChI is InChI=1S/C25H23F4N3O3/c26-20-6-1-17(2-7-20)22(32-11-13-34-14-12-32)16-31-24(33)18-3-8-21(9-4-18)35-23-10-5-19(15-30-23)25(27,28)29/h1-10,15,22H,11-14,16H2,(H,31,33). The van der Waals surface area contributed by atoms with E-state index in [0.717, 1.165) is 17.7 Å².